The zero-order valence-corrected chi connectivity index (χ0v) is 18.0. The van der Waals surface area contributed by atoms with Gasteiger partial charge in [0.25, 0.3) is 11.8 Å². The Morgan fingerprint density at radius 1 is 1.07 bits per heavy atom. The van der Waals surface area contributed by atoms with Crippen molar-refractivity contribution in [2.75, 3.05) is 19.7 Å². The van der Waals surface area contributed by atoms with Crippen LogP contribution in [0.5, 0.6) is 5.75 Å². The second kappa shape index (κ2) is 9.51. The summed E-state index contributed by atoms with van der Waals surface area (Å²) in [4.78, 5) is 26.6. The zero-order valence-electron chi connectivity index (χ0n) is 16.5. The monoisotopic (exact) mass is 434 g/mol. The molecule has 1 N–H and O–H groups in total. The summed E-state index contributed by atoms with van der Waals surface area (Å²) in [7, 11) is 0. The molecule has 0 aromatic heterocycles. The van der Waals surface area contributed by atoms with Crippen molar-refractivity contribution >= 4 is 35.0 Å². The molecule has 154 valence electrons. The van der Waals surface area contributed by atoms with Gasteiger partial charge in [0, 0.05) is 24.2 Å². The lowest BCUT2D eigenvalue weighted by atomic mass is 10.0. The number of hydrogen-bond donors (Lipinski definition) is 1. The molecule has 0 bridgehead atoms. The molecule has 3 rings (SSSR count). The van der Waals surface area contributed by atoms with E-state index in [-0.39, 0.29) is 24.5 Å². The third kappa shape index (κ3) is 5.64. The molecule has 1 heterocycles. The van der Waals surface area contributed by atoms with Gasteiger partial charge in [0.05, 0.1) is 10.6 Å². The Balaban J connectivity index is 1.46. The molecule has 2 aromatic carbocycles. The van der Waals surface area contributed by atoms with Gasteiger partial charge in [-0.25, -0.2) is 0 Å². The standard InChI is InChI=1S/C22H24Cl2N2O3/c1-14-3-5-18(11-15(14)2)29-13-21(27)26-9-7-17(8-10-26)25-22(28)19-6-4-16(23)12-20(19)24/h3-6,11-12,17H,7-10,13H2,1-2H3,(H,25,28). The van der Waals surface area contributed by atoms with Gasteiger partial charge >= 0.3 is 0 Å². The molecule has 1 aliphatic rings. The highest BCUT2D eigenvalue weighted by Gasteiger charge is 2.25. The average molecular weight is 435 g/mol. The van der Waals surface area contributed by atoms with Gasteiger partial charge in [-0.05, 0) is 68.1 Å². The minimum Gasteiger partial charge on any atom is -0.484 e. The summed E-state index contributed by atoms with van der Waals surface area (Å²) >= 11 is 12.0. The Kier molecular flexibility index (Phi) is 7.04. The molecule has 1 saturated heterocycles. The predicted octanol–water partition coefficient (Wildman–Crippen LogP) is 4.41. The fraction of sp³-hybridized carbons (Fsp3) is 0.364. The van der Waals surface area contributed by atoms with Crippen LogP contribution >= 0.6 is 23.2 Å². The third-order valence-corrected chi connectivity index (χ3v) is 5.75. The Labute approximate surface area is 180 Å². The maximum Gasteiger partial charge on any atom is 0.260 e. The maximum atomic E-state index is 12.4. The van der Waals surface area contributed by atoms with Crippen molar-refractivity contribution in [3.8, 4) is 5.75 Å². The van der Waals surface area contributed by atoms with E-state index in [1.807, 2.05) is 32.0 Å². The minimum atomic E-state index is -0.227. The lowest BCUT2D eigenvalue weighted by Gasteiger charge is -2.32. The molecule has 5 nitrogen and oxygen atoms in total. The van der Waals surface area contributed by atoms with Crippen molar-refractivity contribution in [3.05, 3.63) is 63.1 Å². The number of carbonyl (C=O) groups is 2. The average Bonchev–Trinajstić information content (AvgIpc) is 2.69. The number of nitrogens with one attached hydrogen (secondary N) is 1. The third-order valence-electron chi connectivity index (χ3n) is 5.20. The van der Waals surface area contributed by atoms with Crippen LogP contribution in [0.1, 0.15) is 34.3 Å². The van der Waals surface area contributed by atoms with Crippen molar-refractivity contribution < 1.29 is 14.3 Å². The van der Waals surface area contributed by atoms with Gasteiger partial charge < -0.3 is 15.0 Å². The molecule has 0 unspecified atom stereocenters. The molecule has 0 atom stereocenters. The van der Waals surface area contributed by atoms with Gasteiger partial charge in [-0.2, -0.15) is 0 Å². The van der Waals surface area contributed by atoms with Crippen LogP contribution < -0.4 is 10.1 Å². The number of aryl methyl sites for hydroxylation is 2. The smallest absolute Gasteiger partial charge is 0.260 e. The number of nitrogens with zero attached hydrogens (tertiary/aromatic N) is 1. The molecule has 0 aliphatic carbocycles. The number of carbonyl (C=O) groups excluding carboxylic acids is 2. The Bertz CT molecular complexity index is 909. The second-order valence-electron chi connectivity index (χ2n) is 7.29. The lowest BCUT2D eigenvalue weighted by molar-refractivity contribution is -0.134. The van der Waals surface area contributed by atoms with Crippen molar-refractivity contribution in [1.29, 1.82) is 0 Å². The molecule has 7 heteroatoms. The summed E-state index contributed by atoms with van der Waals surface area (Å²) in [6.45, 7) is 5.22. The van der Waals surface area contributed by atoms with Gasteiger partial charge in [-0.3, -0.25) is 9.59 Å². The Morgan fingerprint density at radius 3 is 2.45 bits per heavy atom. The van der Waals surface area contributed by atoms with Crippen LogP contribution in [0.2, 0.25) is 10.0 Å². The number of ether oxygens (including phenoxy) is 1. The summed E-state index contributed by atoms with van der Waals surface area (Å²) in [5.41, 5.74) is 2.72. The van der Waals surface area contributed by atoms with Crippen molar-refractivity contribution in [1.82, 2.24) is 10.2 Å². The summed E-state index contributed by atoms with van der Waals surface area (Å²) in [6, 6.07) is 10.6. The van der Waals surface area contributed by atoms with E-state index in [4.69, 9.17) is 27.9 Å². The van der Waals surface area contributed by atoms with Crippen molar-refractivity contribution in [3.63, 3.8) is 0 Å². The summed E-state index contributed by atoms with van der Waals surface area (Å²) in [6.07, 6.45) is 1.37. The number of benzene rings is 2. The van der Waals surface area contributed by atoms with E-state index < -0.39 is 0 Å². The number of rotatable bonds is 5. The number of piperidine rings is 1. The zero-order chi connectivity index (χ0) is 21.0. The van der Waals surface area contributed by atoms with Gasteiger partial charge in [0.15, 0.2) is 6.61 Å². The topological polar surface area (TPSA) is 58.6 Å². The largest absolute Gasteiger partial charge is 0.484 e. The summed E-state index contributed by atoms with van der Waals surface area (Å²) in [5.74, 6) is 0.423. The fourth-order valence-electron chi connectivity index (χ4n) is 3.25. The second-order valence-corrected chi connectivity index (χ2v) is 8.13. The predicted molar refractivity (Wildman–Crippen MR) is 115 cm³/mol. The van der Waals surface area contributed by atoms with Crippen LogP contribution in [-0.4, -0.2) is 42.5 Å². The highest BCUT2D eigenvalue weighted by molar-refractivity contribution is 6.36. The van der Waals surface area contributed by atoms with E-state index in [0.717, 1.165) is 5.56 Å². The maximum absolute atomic E-state index is 12.4. The van der Waals surface area contributed by atoms with E-state index in [9.17, 15) is 9.59 Å². The molecule has 2 amide bonds. The van der Waals surface area contributed by atoms with Crippen LogP contribution in [0.15, 0.2) is 36.4 Å². The molecular weight excluding hydrogens is 411 g/mol. The van der Waals surface area contributed by atoms with E-state index in [1.54, 1.807) is 23.1 Å². The first-order valence-electron chi connectivity index (χ1n) is 9.57. The Hall–Kier alpha value is -2.24. The highest BCUT2D eigenvalue weighted by atomic mass is 35.5. The molecule has 1 aliphatic heterocycles. The van der Waals surface area contributed by atoms with Crippen LogP contribution in [0.25, 0.3) is 0 Å². The van der Waals surface area contributed by atoms with Gasteiger partial charge in [0.1, 0.15) is 5.75 Å². The number of halogens is 2. The van der Waals surface area contributed by atoms with Crippen LogP contribution in [-0.2, 0) is 4.79 Å². The molecule has 0 radical (unpaired) electrons. The van der Waals surface area contributed by atoms with E-state index >= 15 is 0 Å². The molecule has 1 fully saturated rings. The quantitative estimate of drug-likeness (QED) is 0.757. The normalized spacial score (nSPS) is 14.6. The van der Waals surface area contributed by atoms with Gasteiger partial charge in [-0.1, -0.05) is 29.3 Å². The molecular formula is C22H24Cl2N2O3. The van der Waals surface area contributed by atoms with E-state index in [1.165, 1.54) is 5.56 Å². The van der Waals surface area contributed by atoms with Gasteiger partial charge in [-0.15, -0.1) is 0 Å². The SMILES string of the molecule is Cc1ccc(OCC(=O)N2CCC(NC(=O)c3ccc(Cl)cc3Cl)CC2)cc1C. The lowest BCUT2D eigenvalue weighted by Crippen LogP contribution is -2.47. The highest BCUT2D eigenvalue weighted by Crippen LogP contribution is 2.22. The fourth-order valence-corrected chi connectivity index (χ4v) is 3.74. The molecule has 0 spiro atoms. The van der Waals surface area contributed by atoms with E-state index in [0.29, 0.717) is 47.3 Å². The Morgan fingerprint density at radius 2 is 1.79 bits per heavy atom. The number of hydrogen-bond acceptors (Lipinski definition) is 3. The summed E-state index contributed by atoms with van der Waals surface area (Å²) in [5, 5.41) is 3.80. The first kappa shape index (κ1) is 21.5. The molecule has 2 aromatic rings. The summed E-state index contributed by atoms with van der Waals surface area (Å²) < 4.78 is 5.64. The number of likely N-dealkylation sites (tertiary alicyclic amines) is 1. The van der Waals surface area contributed by atoms with Crippen LogP contribution in [0.4, 0.5) is 0 Å². The van der Waals surface area contributed by atoms with Crippen LogP contribution in [0.3, 0.4) is 0 Å². The van der Waals surface area contributed by atoms with Crippen molar-refractivity contribution in [2.45, 2.75) is 32.7 Å². The first-order chi connectivity index (χ1) is 13.8. The first-order valence-corrected chi connectivity index (χ1v) is 10.3. The van der Waals surface area contributed by atoms with Crippen LogP contribution in [0, 0.1) is 13.8 Å². The molecule has 0 saturated carbocycles. The number of amides is 2. The van der Waals surface area contributed by atoms with E-state index in [2.05, 4.69) is 5.32 Å². The van der Waals surface area contributed by atoms with Gasteiger partial charge in [0.2, 0.25) is 0 Å². The molecule has 29 heavy (non-hydrogen) atoms. The van der Waals surface area contributed by atoms with Crippen molar-refractivity contribution in [2.24, 2.45) is 0 Å². The minimum absolute atomic E-state index is 0.000962.